The standard InChI is InChI=1S/C16H29N5O6/c1-7(2)5-10(15(25)21-11(16(26)27)6-12(18)22)20-14(24)9(4)19-13(23)8(3)17/h7-11H,5-6,17H2,1-4H3,(H2,18,22)(H,19,23)(H,20,24)(H,21,25)(H,26,27). The van der Waals surface area contributed by atoms with Gasteiger partial charge in [-0.3, -0.25) is 19.2 Å². The molecule has 4 unspecified atom stereocenters. The predicted molar refractivity (Wildman–Crippen MR) is 96.0 cm³/mol. The monoisotopic (exact) mass is 387 g/mol. The molecule has 0 bridgehead atoms. The minimum Gasteiger partial charge on any atom is -0.480 e. The quantitative estimate of drug-likeness (QED) is 0.232. The van der Waals surface area contributed by atoms with Gasteiger partial charge in [-0.2, -0.15) is 0 Å². The van der Waals surface area contributed by atoms with Crippen molar-refractivity contribution in [1.29, 1.82) is 0 Å². The second-order valence-corrected chi connectivity index (χ2v) is 6.78. The largest absolute Gasteiger partial charge is 0.480 e. The van der Waals surface area contributed by atoms with Crippen molar-refractivity contribution in [3.63, 3.8) is 0 Å². The zero-order valence-corrected chi connectivity index (χ0v) is 15.9. The fourth-order valence-electron chi connectivity index (χ4n) is 2.08. The van der Waals surface area contributed by atoms with E-state index in [1.54, 1.807) is 0 Å². The van der Waals surface area contributed by atoms with Crippen molar-refractivity contribution in [2.24, 2.45) is 17.4 Å². The molecule has 154 valence electrons. The number of rotatable bonds is 11. The first-order chi connectivity index (χ1) is 12.3. The summed E-state index contributed by atoms with van der Waals surface area (Å²) in [6.07, 6.45) is -0.362. The molecule has 0 aliphatic rings. The number of carbonyl (C=O) groups is 5. The van der Waals surface area contributed by atoms with E-state index in [1.807, 2.05) is 13.8 Å². The molecule has 0 saturated carbocycles. The lowest BCUT2D eigenvalue weighted by molar-refractivity contribution is -0.143. The van der Waals surface area contributed by atoms with Gasteiger partial charge in [0, 0.05) is 0 Å². The zero-order chi connectivity index (χ0) is 21.3. The third-order valence-electron chi connectivity index (χ3n) is 3.53. The minimum absolute atomic E-state index is 0.00516. The first-order valence-electron chi connectivity index (χ1n) is 8.52. The van der Waals surface area contributed by atoms with Crippen molar-refractivity contribution in [3.8, 4) is 0 Å². The summed E-state index contributed by atoms with van der Waals surface area (Å²) in [6.45, 7) is 6.50. The molecule has 0 saturated heterocycles. The highest BCUT2D eigenvalue weighted by Crippen LogP contribution is 2.06. The Morgan fingerprint density at radius 3 is 1.78 bits per heavy atom. The van der Waals surface area contributed by atoms with Gasteiger partial charge in [-0.05, 0) is 26.2 Å². The van der Waals surface area contributed by atoms with Gasteiger partial charge in [-0.1, -0.05) is 13.8 Å². The molecule has 0 fully saturated rings. The summed E-state index contributed by atoms with van der Waals surface area (Å²) in [4.78, 5) is 58.4. The maximum Gasteiger partial charge on any atom is 0.326 e. The van der Waals surface area contributed by atoms with Gasteiger partial charge >= 0.3 is 5.97 Å². The number of primary amides is 1. The van der Waals surface area contributed by atoms with Gasteiger partial charge in [-0.15, -0.1) is 0 Å². The second-order valence-electron chi connectivity index (χ2n) is 6.78. The fourth-order valence-corrected chi connectivity index (χ4v) is 2.08. The number of carboxylic acids is 1. The number of carboxylic acid groups (broad SMARTS) is 1. The Bertz CT molecular complexity index is 578. The SMILES string of the molecule is CC(C)CC(NC(=O)C(C)NC(=O)C(C)N)C(=O)NC(CC(N)=O)C(=O)O. The van der Waals surface area contributed by atoms with E-state index in [0.29, 0.717) is 0 Å². The van der Waals surface area contributed by atoms with Crippen LogP contribution in [-0.2, 0) is 24.0 Å². The summed E-state index contributed by atoms with van der Waals surface area (Å²) in [5.74, 6) is -4.25. The average molecular weight is 387 g/mol. The molecule has 4 atom stereocenters. The molecule has 0 heterocycles. The van der Waals surface area contributed by atoms with Gasteiger partial charge in [-0.25, -0.2) is 4.79 Å². The van der Waals surface area contributed by atoms with Gasteiger partial charge in [0.15, 0.2) is 0 Å². The Balaban J connectivity index is 5.11. The molecule has 8 N–H and O–H groups in total. The molecular formula is C16H29N5O6. The first-order valence-corrected chi connectivity index (χ1v) is 8.52. The van der Waals surface area contributed by atoms with E-state index in [1.165, 1.54) is 13.8 Å². The Labute approximate surface area is 157 Å². The van der Waals surface area contributed by atoms with Crippen molar-refractivity contribution in [2.75, 3.05) is 0 Å². The Morgan fingerprint density at radius 2 is 1.37 bits per heavy atom. The molecule has 0 aliphatic heterocycles. The van der Waals surface area contributed by atoms with E-state index in [4.69, 9.17) is 16.6 Å². The summed E-state index contributed by atoms with van der Waals surface area (Å²) in [7, 11) is 0. The normalized spacial score (nSPS) is 15.2. The molecule has 0 spiro atoms. The molecule has 27 heavy (non-hydrogen) atoms. The summed E-state index contributed by atoms with van der Waals surface area (Å²) >= 11 is 0. The van der Waals surface area contributed by atoms with Crippen molar-refractivity contribution in [2.45, 2.75) is 64.7 Å². The molecule has 11 nitrogen and oxygen atoms in total. The van der Waals surface area contributed by atoms with E-state index in [2.05, 4.69) is 16.0 Å². The summed E-state index contributed by atoms with van der Waals surface area (Å²) in [5.41, 5.74) is 10.4. The highest BCUT2D eigenvalue weighted by atomic mass is 16.4. The van der Waals surface area contributed by atoms with Crippen molar-refractivity contribution in [3.05, 3.63) is 0 Å². The van der Waals surface area contributed by atoms with Crippen LogP contribution >= 0.6 is 0 Å². The number of amides is 4. The van der Waals surface area contributed by atoms with Crippen molar-refractivity contribution < 1.29 is 29.1 Å². The van der Waals surface area contributed by atoms with Crippen LogP contribution < -0.4 is 27.4 Å². The Hall–Kier alpha value is -2.69. The highest BCUT2D eigenvalue weighted by molar-refractivity contribution is 5.94. The zero-order valence-electron chi connectivity index (χ0n) is 15.9. The van der Waals surface area contributed by atoms with Gasteiger partial charge in [0.1, 0.15) is 18.1 Å². The van der Waals surface area contributed by atoms with Gasteiger partial charge in [0.25, 0.3) is 0 Å². The highest BCUT2D eigenvalue weighted by Gasteiger charge is 2.29. The van der Waals surface area contributed by atoms with Crippen LogP contribution in [0.2, 0.25) is 0 Å². The summed E-state index contributed by atoms with van der Waals surface area (Å²) < 4.78 is 0. The van der Waals surface area contributed by atoms with Gasteiger partial charge in [0.05, 0.1) is 12.5 Å². The lowest BCUT2D eigenvalue weighted by atomic mass is 10.0. The van der Waals surface area contributed by atoms with E-state index < -0.39 is 60.2 Å². The predicted octanol–water partition coefficient (Wildman–Crippen LogP) is -2.19. The van der Waals surface area contributed by atoms with Crippen LogP contribution in [0.15, 0.2) is 0 Å². The van der Waals surface area contributed by atoms with Crippen LogP contribution in [0, 0.1) is 5.92 Å². The molecule has 0 aromatic heterocycles. The Kier molecular flexibility index (Phi) is 10.0. The number of hydrogen-bond donors (Lipinski definition) is 6. The number of hydrogen-bond acceptors (Lipinski definition) is 6. The van der Waals surface area contributed by atoms with Gasteiger partial charge in [0.2, 0.25) is 23.6 Å². The first kappa shape index (κ1) is 24.3. The molecule has 4 amide bonds. The van der Waals surface area contributed by atoms with E-state index in [-0.39, 0.29) is 12.3 Å². The van der Waals surface area contributed by atoms with Crippen LogP contribution in [-0.4, -0.2) is 58.9 Å². The molecule has 11 heteroatoms. The van der Waals surface area contributed by atoms with Crippen LogP contribution in [0.25, 0.3) is 0 Å². The summed E-state index contributed by atoms with van der Waals surface area (Å²) in [6, 6.07) is -4.31. The lowest BCUT2D eigenvalue weighted by Crippen LogP contribution is -2.56. The molecular weight excluding hydrogens is 358 g/mol. The van der Waals surface area contributed by atoms with Crippen LogP contribution in [0.3, 0.4) is 0 Å². The van der Waals surface area contributed by atoms with Crippen molar-refractivity contribution >= 4 is 29.6 Å². The molecule has 0 rings (SSSR count). The van der Waals surface area contributed by atoms with Crippen LogP contribution in [0.5, 0.6) is 0 Å². The maximum atomic E-state index is 12.4. The smallest absolute Gasteiger partial charge is 0.326 e. The minimum atomic E-state index is -1.50. The molecule has 0 aromatic rings. The third kappa shape index (κ3) is 9.54. The molecule has 0 aromatic carbocycles. The van der Waals surface area contributed by atoms with Crippen LogP contribution in [0.4, 0.5) is 0 Å². The maximum absolute atomic E-state index is 12.4. The molecule has 0 aliphatic carbocycles. The third-order valence-corrected chi connectivity index (χ3v) is 3.53. The summed E-state index contributed by atoms with van der Waals surface area (Å²) in [5, 5.41) is 16.2. The average Bonchev–Trinajstić information content (AvgIpc) is 2.51. The number of nitrogens with one attached hydrogen (secondary N) is 3. The van der Waals surface area contributed by atoms with E-state index in [9.17, 15) is 24.0 Å². The van der Waals surface area contributed by atoms with Crippen LogP contribution in [0.1, 0.15) is 40.5 Å². The number of aliphatic carboxylic acids is 1. The van der Waals surface area contributed by atoms with Crippen molar-refractivity contribution in [1.82, 2.24) is 16.0 Å². The topological polar surface area (TPSA) is 194 Å². The molecule has 0 radical (unpaired) electrons. The fraction of sp³-hybridized carbons (Fsp3) is 0.688. The second kappa shape index (κ2) is 11.1. The van der Waals surface area contributed by atoms with Gasteiger partial charge < -0.3 is 32.5 Å². The number of carbonyl (C=O) groups excluding carboxylic acids is 4. The van der Waals surface area contributed by atoms with E-state index in [0.717, 1.165) is 0 Å². The van der Waals surface area contributed by atoms with E-state index >= 15 is 0 Å². The Morgan fingerprint density at radius 1 is 0.852 bits per heavy atom. The number of nitrogens with two attached hydrogens (primary N) is 2. The lowest BCUT2D eigenvalue weighted by Gasteiger charge is -2.24.